The number of nitrogen functional groups attached to an aromatic ring is 1. The molecule has 18 heavy (non-hydrogen) atoms. The zero-order valence-corrected chi connectivity index (χ0v) is 10.9. The van der Waals surface area contributed by atoms with Gasteiger partial charge in [0.05, 0.1) is 16.6 Å². The Morgan fingerprint density at radius 3 is 2.50 bits per heavy atom. The number of phenols is 1. The molecule has 1 unspecified atom stereocenters. The molecule has 0 aromatic heterocycles. The van der Waals surface area contributed by atoms with Gasteiger partial charge < -0.3 is 10.8 Å². The zero-order valence-electron chi connectivity index (χ0n) is 10.1. The minimum atomic E-state index is -1.12. The lowest BCUT2D eigenvalue weighted by Crippen LogP contribution is -2.00. The quantitative estimate of drug-likeness (QED) is 0.835. The molecule has 0 aliphatic carbocycles. The van der Waals surface area contributed by atoms with E-state index < -0.39 is 10.8 Å². The van der Waals surface area contributed by atoms with E-state index in [0.717, 1.165) is 16.0 Å². The van der Waals surface area contributed by atoms with Crippen LogP contribution >= 0.6 is 0 Å². The highest BCUT2D eigenvalue weighted by molar-refractivity contribution is 7.84. The minimum absolute atomic E-state index is 0.213. The molecule has 0 aliphatic heterocycles. The summed E-state index contributed by atoms with van der Waals surface area (Å²) in [4.78, 5) is 0.767. The highest BCUT2D eigenvalue weighted by atomic mass is 32.2. The number of rotatable bonds is 3. The van der Waals surface area contributed by atoms with Crippen LogP contribution in [0.4, 0.5) is 5.69 Å². The molecule has 1 atom stereocenters. The van der Waals surface area contributed by atoms with Crippen LogP contribution in [0.15, 0.2) is 47.4 Å². The summed E-state index contributed by atoms with van der Waals surface area (Å²) in [7, 11) is -1.12. The standard InChI is InChI=1S/C14H15NO2S/c1-10-2-5-12(15)8-14(10)18(17)9-11-3-6-13(16)7-4-11/h2-8,16H,9,15H2,1H3. The molecule has 4 heteroatoms. The average Bonchev–Trinajstić information content (AvgIpc) is 2.35. The maximum atomic E-state index is 12.3. The van der Waals surface area contributed by atoms with Crippen LogP contribution in [-0.2, 0) is 16.6 Å². The normalized spacial score (nSPS) is 12.3. The van der Waals surface area contributed by atoms with E-state index in [4.69, 9.17) is 5.73 Å². The molecular weight excluding hydrogens is 246 g/mol. The first-order valence-corrected chi connectivity index (χ1v) is 6.90. The van der Waals surface area contributed by atoms with Gasteiger partial charge in [0.1, 0.15) is 5.75 Å². The Kier molecular flexibility index (Phi) is 3.67. The smallest absolute Gasteiger partial charge is 0.115 e. The lowest BCUT2D eigenvalue weighted by atomic mass is 10.2. The van der Waals surface area contributed by atoms with Crippen LogP contribution < -0.4 is 5.73 Å². The second-order valence-electron chi connectivity index (χ2n) is 4.18. The SMILES string of the molecule is Cc1ccc(N)cc1S(=O)Cc1ccc(O)cc1. The van der Waals surface area contributed by atoms with E-state index in [-0.39, 0.29) is 5.75 Å². The number of anilines is 1. The molecule has 2 rings (SSSR count). The van der Waals surface area contributed by atoms with E-state index in [9.17, 15) is 9.32 Å². The van der Waals surface area contributed by atoms with E-state index in [2.05, 4.69) is 0 Å². The van der Waals surface area contributed by atoms with Gasteiger partial charge in [-0.25, -0.2) is 0 Å². The highest BCUT2D eigenvalue weighted by Gasteiger charge is 2.08. The molecule has 0 saturated heterocycles. The van der Waals surface area contributed by atoms with Gasteiger partial charge in [-0.3, -0.25) is 4.21 Å². The molecular formula is C14H15NO2S. The largest absolute Gasteiger partial charge is 0.508 e. The van der Waals surface area contributed by atoms with E-state index >= 15 is 0 Å². The van der Waals surface area contributed by atoms with Crippen molar-refractivity contribution >= 4 is 16.5 Å². The number of hydrogen-bond acceptors (Lipinski definition) is 3. The van der Waals surface area contributed by atoms with E-state index in [1.807, 2.05) is 13.0 Å². The monoisotopic (exact) mass is 261 g/mol. The molecule has 0 amide bonds. The van der Waals surface area contributed by atoms with Crippen LogP contribution in [0.2, 0.25) is 0 Å². The van der Waals surface area contributed by atoms with E-state index in [1.165, 1.54) is 0 Å². The van der Waals surface area contributed by atoms with E-state index in [1.54, 1.807) is 36.4 Å². The summed E-state index contributed by atoms with van der Waals surface area (Å²) < 4.78 is 12.3. The second kappa shape index (κ2) is 5.23. The molecule has 0 heterocycles. The van der Waals surface area contributed by atoms with Crippen molar-refractivity contribution in [1.29, 1.82) is 0 Å². The molecule has 0 bridgehead atoms. The van der Waals surface area contributed by atoms with Crippen LogP contribution in [0.25, 0.3) is 0 Å². The Morgan fingerprint density at radius 1 is 1.17 bits per heavy atom. The number of aromatic hydroxyl groups is 1. The molecule has 0 spiro atoms. The molecule has 2 aromatic rings. The highest BCUT2D eigenvalue weighted by Crippen LogP contribution is 2.20. The van der Waals surface area contributed by atoms with Gasteiger partial charge in [0.15, 0.2) is 0 Å². The summed E-state index contributed by atoms with van der Waals surface area (Å²) in [6.07, 6.45) is 0. The molecule has 94 valence electrons. The minimum Gasteiger partial charge on any atom is -0.508 e. The van der Waals surface area contributed by atoms with Gasteiger partial charge in [-0.1, -0.05) is 18.2 Å². The molecule has 0 saturated carbocycles. The van der Waals surface area contributed by atoms with Crippen LogP contribution in [0.1, 0.15) is 11.1 Å². The molecule has 0 fully saturated rings. The summed E-state index contributed by atoms with van der Waals surface area (Å²) in [6, 6.07) is 12.2. The summed E-state index contributed by atoms with van der Waals surface area (Å²) in [6.45, 7) is 1.92. The third-order valence-electron chi connectivity index (χ3n) is 2.69. The Balaban J connectivity index is 2.21. The van der Waals surface area contributed by atoms with E-state index in [0.29, 0.717) is 11.4 Å². The summed E-state index contributed by atoms with van der Waals surface area (Å²) in [5.74, 6) is 0.634. The number of aryl methyl sites for hydroxylation is 1. The van der Waals surface area contributed by atoms with Gasteiger partial charge in [-0.2, -0.15) is 0 Å². The van der Waals surface area contributed by atoms with Gasteiger partial charge >= 0.3 is 0 Å². The number of hydrogen-bond donors (Lipinski definition) is 2. The Labute approximate surface area is 109 Å². The molecule has 2 aromatic carbocycles. The Hall–Kier alpha value is -1.81. The van der Waals surface area contributed by atoms with Gasteiger partial charge in [0.25, 0.3) is 0 Å². The number of benzene rings is 2. The fourth-order valence-electron chi connectivity index (χ4n) is 1.68. The Morgan fingerprint density at radius 2 is 1.83 bits per heavy atom. The topological polar surface area (TPSA) is 63.3 Å². The third kappa shape index (κ3) is 2.90. The first kappa shape index (κ1) is 12.6. The van der Waals surface area contributed by atoms with Gasteiger partial charge in [-0.15, -0.1) is 0 Å². The summed E-state index contributed by atoms with van der Waals surface area (Å²) in [5.41, 5.74) is 8.23. The average molecular weight is 261 g/mol. The first-order valence-electron chi connectivity index (χ1n) is 5.58. The summed E-state index contributed by atoms with van der Waals surface area (Å²) >= 11 is 0. The molecule has 3 N–H and O–H groups in total. The lowest BCUT2D eigenvalue weighted by molar-refractivity contribution is 0.475. The zero-order chi connectivity index (χ0) is 13.1. The summed E-state index contributed by atoms with van der Waals surface area (Å²) in [5, 5.41) is 9.20. The number of phenolic OH excluding ortho intramolecular Hbond substituents is 1. The van der Waals surface area contributed by atoms with Crippen LogP contribution in [0, 0.1) is 6.92 Å². The predicted molar refractivity (Wildman–Crippen MR) is 73.8 cm³/mol. The van der Waals surface area contributed by atoms with Gasteiger partial charge in [0, 0.05) is 10.6 Å². The van der Waals surface area contributed by atoms with Crippen molar-refractivity contribution < 1.29 is 9.32 Å². The molecule has 0 radical (unpaired) electrons. The predicted octanol–water partition coefficient (Wildman–Crippen LogP) is 2.59. The van der Waals surface area contributed by atoms with Crippen LogP contribution in [0.5, 0.6) is 5.75 Å². The fraction of sp³-hybridized carbons (Fsp3) is 0.143. The fourth-order valence-corrected chi connectivity index (χ4v) is 3.03. The van der Waals surface area contributed by atoms with Gasteiger partial charge in [-0.05, 0) is 42.3 Å². The molecule has 3 nitrogen and oxygen atoms in total. The van der Waals surface area contributed by atoms with Crippen molar-refractivity contribution in [3.63, 3.8) is 0 Å². The van der Waals surface area contributed by atoms with Gasteiger partial charge in [0.2, 0.25) is 0 Å². The van der Waals surface area contributed by atoms with Crippen molar-refractivity contribution in [3.8, 4) is 5.75 Å². The number of nitrogens with two attached hydrogens (primary N) is 1. The first-order chi connectivity index (χ1) is 8.56. The Bertz CT molecular complexity index is 579. The third-order valence-corrected chi connectivity index (χ3v) is 4.22. The maximum absolute atomic E-state index is 12.3. The maximum Gasteiger partial charge on any atom is 0.115 e. The van der Waals surface area contributed by atoms with Crippen molar-refractivity contribution in [1.82, 2.24) is 0 Å². The molecule has 0 aliphatic rings. The van der Waals surface area contributed by atoms with Crippen molar-refractivity contribution in [2.75, 3.05) is 5.73 Å². The second-order valence-corrected chi connectivity index (χ2v) is 5.60. The lowest BCUT2D eigenvalue weighted by Gasteiger charge is -2.07. The van der Waals surface area contributed by atoms with Crippen molar-refractivity contribution in [3.05, 3.63) is 53.6 Å². The van der Waals surface area contributed by atoms with Crippen LogP contribution in [0.3, 0.4) is 0 Å². The van der Waals surface area contributed by atoms with Crippen molar-refractivity contribution in [2.45, 2.75) is 17.6 Å². The van der Waals surface area contributed by atoms with Crippen LogP contribution in [-0.4, -0.2) is 9.32 Å². The van der Waals surface area contributed by atoms with Crippen molar-refractivity contribution in [2.24, 2.45) is 0 Å².